The molecule has 8 heteroatoms. The summed E-state index contributed by atoms with van der Waals surface area (Å²) in [5.41, 5.74) is 0.856. The van der Waals surface area contributed by atoms with E-state index in [-0.39, 0.29) is 17.8 Å². The molecule has 0 spiro atoms. The van der Waals surface area contributed by atoms with E-state index < -0.39 is 6.04 Å². The molecular weight excluding hydrogens is 323 g/mol. The van der Waals surface area contributed by atoms with Crippen LogP contribution in [0.25, 0.3) is 0 Å². The number of hydrogen-bond acceptors (Lipinski definition) is 5. The Morgan fingerprint density at radius 2 is 2.20 bits per heavy atom. The zero-order valence-electron chi connectivity index (χ0n) is 14.4. The number of tetrazole rings is 1. The summed E-state index contributed by atoms with van der Waals surface area (Å²) in [4.78, 5) is 13.0. The number of benzene rings is 1. The lowest BCUT2D eigenvalue weighted by atomic mass is 9.94. The van der Waals surface area contributed by atoms with Crippen LogP contribution in [-0.4, -0.2) is 45.2 Å². The van der Waals surface area contributed by atoms with Crippen LogP contribution in [0, 0.1) is 18.7 Å². The van der Waals surface area contributed by atoms with Crippen molar-refractivity contribution in [2.24, 2.45) is 5.92 Å². The normalized spacial score (nSPS) is 21.7. The quantitative estimate of drug-likeness (QED) is 0.844. The summed E-state index contributed by atoms with van der Waals surface area (Å²) in [6, 6.07) is 5.71. The zero-order valence-corrected chi connectivity index (χ0v) is 14.4. The molecule has 3 unspecified atom stereocenters. The smallest absolute Gasteiger partial charge is 0.245 e. The highest BCUT2D eigenvalue weighted by Gasteiger charge is 2.29. The fourth-order valence-electron chi connectivity index (χ4n) is 3.17. The molecule has 1 aliphatic heterocycles. The molecule has 0 bridgehead atoms. The molecule has 3 rings (SSSR count). The fraction of sp³-hybridized carbons (Fsp3) is 0.529. The number of rotatable bonds is 5. The van der Waals surface area contributed by atoms with Gasteiger partial charge < -0.3 is 10.6 Å². The Morgan fingerprint density at radius 3 is 2.84 bits per heavy atom. The molecular formula is C17H23FN6O. The molecule has 0 saturated carbocycles. The van der Waals surface area contributed by atoms with E-state index in [0.717, 1.165) is 25.1 Å². The Labute approximate surface area is 146 Å². The molecule has 1 aromatic heterocycles. The number of hydrogen-bond donors (Lipinski definition) is 2. The van der Waals surface area contributed by atoms with Crippen LogP contribution in [0.2, 0.25) is 0 Å². The maximum absolute atomic E-state index is 13.1. The first-order chi connectivity index (χ1) is 12.0. The number of aryl methyl sites for hydroxylation is 1. The molecule has 3 atom stereocenters. The molecule has 7 nitrogen and oxygen atoms in total. The lowest BCUT2D eigenvalue weighted by molar-refractivity contribution is -0.126. The lowest BCUT2D eigenvalue weighted by Crippen LogP contribution is -2.50. The largest absolute Gasteiger partial charge is 0.351 e. The molecule has 1 aromatic carbocycles. The van der Waals surface area contributed by atoms with Crippen molar-refractivity contribution in [3.63, 3.8) is 0 Å². The maximum Gasteiger partial charge on any atom is 0.245 e. The van der Waals surface area contributed by atoms with Gasteiger partial charge in [0.05, 0.1) is 0 Å². The van der Waals surface area contributed by atoms with Crippen molar-refractivity contribution in [1.29, 1.82) is 0 Å². The van der Waals surface area contributed by atoms with Gasteiger partial charge in [0.2, 0.25) is 5.91 Å². The summed E-state index contributed by atoms with van der Waals surface area (Å²) in [5.74, 6) is 0.519. The van der Waals surface area contributed by atoms with Gasteiger partial charge in [0.25, 0.3) is 0 Å². The van der Waals surface area contributed by atoms with E-state index >= 15 is 0 Å². The van der Waals surface area contributed by atoms with E-state index in [0.29, 0.717) is 18.2 Å². The minimum absolute atomic E-state index is 0.113. The van der Waals surface area contributed by atoms with Gasteiger partial charge in [0.15, 0.2) is 0 Å². The Bertz CT molecular complexity index is 716. The van der Waals surface area contributed by atoms with Crippen molar-refractivity contribution in [3.05, 3.63) is 41.5 Å². The number of halogens is 1. The van der Waals surface area contributed by atoms with Gasteiger partial charge in [-0.2, -0.15) is 0 Å². The third-order valence-corrected chi connectivity index (χ3v) is 4.71. The minimum atomic E-state index is -0.567. The predicted octanol–water partition coefficient (Wildman–Crippen LogP) is 1.02. The first-order valence-corrected chi connectivity index (χ1v) is 8.54. The van der Waals surface area contributed by atoms with Crippen LogP contribution >= 0.6 is 0 Å². The molecule has 1 saturated heterocycles. The van der Waals surface area contributed by atoms with Crippen molar-refractivity contribution < 1.29 is 9.18 Å². The number of nitrogens with one attached hydrogen (secondary N) is 2. The highest BCUT2D eigenvalue weighted by atomic mass is 19.1. The average Bonchev–Trinajstić information content (AvgIpc) is 3.02. The SMILES string of the molecule is Cc1nnnn1C(Cc1ccc(F)cc1)C(=O)NC1CCNCC1C. The van der Waals surface area contributed by atoms with E-state index in [4.69, 9.17) is 0 Å². The van der Waals surface area contributed by atoms with E-state index in [9.17, 15) is 9.18 Å². The van der Waals surface area contributed by atoms with Gasteiger partial charge in [-0.05, 0) is 60.5 Å². The second-order valence-electron chi connectivity index (χ2n) is 6.60. The third-order valence-electron chi connectivity index (χ3n) is 4.71. The van der Waals surface area contributed by atoms with Crippen molar-refractivity contribution in [2.45, 2.75) is 38.8 Å². The first kappa shape index (κ1) is 17.5. The van der Waals surface area contributed by atoms with Crippen LogP contribution in [-0.2, 0) is 11.2 Å². The van der Waals surface area contributed by atoms with E-state index in [1.807, 2.05) is 0 Å². The van der Waals surface area contributed by atoms with Crippen LogP contribution in [0.1, 0.15) is 30.8 Å². The lowest BCUT2D eigenvalue weighted by Gasteiger charge is -2.31. The molecule has 2 aromatic rings. The Balaban J connectivity index is 1.79. The van der Waals surface area contributed by atoms with Crippen molar-refractivity contribution >= 4 is 5.91 Å². The molecule has 134 valence electrons. The van der Waals surface area contributed by atoms with Gasteiger partial charge in [-0.15, -0.1) is 5.10 Å². The van der Waals surface area contributed by atoms with E-state index in [1.165, 1.54) is 16.8 Å². The molecule has 0 radical (unpaired) electrons. The number of amides is 1. The molecule has 25 heavy (non-hydrogen) atoms. The zero-order chi connectivity index (χ0) is 17.8. The van der Waals surface area contributed by atoms with Crippen molar-refractivity contribution in [2.75, 3.05) is 13.1 Å². The maximum atomic E-state index is 13.1. The third kappa shape index (κ3) is 4.19. The van der Waals surface area contributed by atoms with Crippen LogP contribution in [0.3, 0.4) is 0 Å². The Morgan fingerprint density at radius 1 is 1.44 bits per heavy atom. The van der Waals surface area contributed by atoms with Crippen LogP contribution < -0.4 is 10.6 Å². The Kier molecular flexibility index (Phi) is 5.37. The van der Waals surface area contributed by atoms with Gasteiger partial charge in [0, 0.05) is 12.5 Å². The average molecular weight is 346 g/mol. The summed E-state index contributed by atoms with van der Waals surface area (Å²) in [6.45, 7) is 5.66. The second-order valence-corrected chi connectivity index (χ2v) is 6.60. The number of piperidine rings is 1. The molecule has 2 N–H and O–H groups in total. The molecule has 1 aliphatic rings. The van der Waals surface area contributed by atoms with Crippen LogP contribution in [0.15, 0.2) is 24.3 Å². The Hall–Kier alpha value is -2.35. The molecule has 1 fully saturated rings. The second kappa shape index (κ2) is 7.69. The first-order valence-electron chi connectivity index (χ1n) is 8.54. The van der Waals surface area contributed by atoms with E-state index in [1.54, 1.807) is 19.1 Å². The van der Waals surface area contributed by atoms with Gasteiger partial charge in [-0.1, -0.05) is 19.1 Å². The summed E-state index contributed by atoms with van der Waals surface area (Å²) < 4.78 is 14.7. The highest BCUT2D eigenvalue weighted by Crippen LogP contribution is 2.18. The standard InChI is InChI=1S/C17H23FN6O/c1-11-10-19-8-7-15(11)20-17(25)16(24-12(2)21-22-23-24)9-13-3-5-14(18)6-4-13/h3-6,11,15-16,19H,7-10H2,1-2H3,(H,20,25). The summed E-state index contributed by atoms with van der Waals surface area (Å²) in [6.07, 6.45) is 1.29. The van der Waals surface area contributed by atoms with Gasteiger partial charge in [0.1, 0.15) is 17.7 Å². The predicted molar refractivity (Wildman–Crippen MR) is 90.3 cm³/mol. The number of carbonyl (C=O) groups excluding carboxylic acids is 1. The van der Waals surface area contributed by atoms with Crippen molar-refractivity contribution in [1.82, 2.24) is 30.8 Å². The number of nitrogens with zero attached hydrogens (tertiary/aromatic N) is 4. The van der Waals surface area contributed by atoms with Crippen LogP contribution in [0.5, 0.6) is 0 Å². The van der Waals surface area contributed by atoms with Gasteiger partial charge in [-0.25, -0.2) is 9.07 Å². The minimum Gasteiger partial charge on any atom is -0.351 e. The topological polar surface area (TPSA) is 84.7 Å². The van der Waals surface area contributed by atoms with Gasteiger partial charge >= 0.3 is 0 Å². The monoisotopic (exact) mass is 346 g/mol. The highest BCUT2D eigenvalue weighted by molar-refractivity contribution is 5.81. The van der Waals surface area contributed by atoms with Gasteiger partial charge in [-0.3, -0.25) is 4.79 Å². The van der Waals surface area contributed by atoms with Crippen LogP contribution in [0.4, 0.5) is 4.39 Å². The summed E-state index contributed by atoms with van der Waals surface area (Å²) >= 11 is 0. The molecule has 0 aliphatic carbocycles. The molecule has 2 heterocycles. The summed E-state index contributed by atoms with van der Waals surface area (Å²) in [5, 5.41) is 18.0. The number of aromatic nitrogens is 4. The number of carbonyl (C=O) groups is 1. The summed E-state index contributed by atoms with van der Waals surface area (Å²) in [7, 11) is 0. The van der Waals surface area contributed by atoms with E-state index in [2.05, 4.69) is 33.1 Å². The molecule has 1 amide bonds. The fourth-order valence-corrected chi connectivity index (χ4v) is 3.17. The van der Waals surface area contributed by atoms with Crippen molar-refractivity contribution in [3.8, 4) is 0 Å².